The standard InChI is InChI=1S/2C8H10O.Zr/c2*1-2-7-4-3-5-8(9)6-7;/h2*3-6,9H,2H2,1H3;. The molecule has 0 aromatic heterocycles. The zero-order valence-corrected chi connectivity index (χ0v) is 13.9. The molecule has 0 saturated carbocycles. The number of aryl methyl sites for hydroxylation is 2. The second-order valence-corrected chi connectivity index (χ2v) is 4.05. The molecule has 0 aliphatic carbocycles. The summed E-state index contributed by atoms with van der Waals surface area (Å²) in [6, 6.07) is 14.6. The molecule has 0 radical (unpaired) electrons. The topological polar surface area (TPSA) is 40.5 Å². The number of aromatic hydroxyl groups is 2. The molecule has 2 aromatic carbocycles. The van der Waals surface area contributed by atoms with Crippen LogP contribution >= 0.6 is 0 Å². The van der Waals surface area contributed by atoms with E-state index >= 15 is 0 Å². The molecule has 0 fully saturated rings. The first-order chi connectivity index (χ1) is 8.65. The Morgan fingerprint density at radius 3 is 1.32 bits per heavy atom. The fourth-order valence-corrected chi connectivity index (χ4v) is 1.55. The molecule has 2 rings (SSSR count). The van der Waals surface area contributed by atoms with E-state index in [9.17, 15) is 0 Å². The van der Waals surface area contributed by atoms with E-state index in [-0.39, 0.29) is 26.2 Å². The Kier molecular flexibility index (Phi) is 9.25. The van der Waals surface area contributed by atoms with E-state index in [1.807, 2.05) is 24.3 Å². The summed E-state index contributed by atoms with van der Waals surface area (Å²) in [5.41, 5.74) is 2.35. The molecule has 0 aliphatic heterocycles. The molecular weight excluding hydrogens is 315 g/mol. The van der Waals surface area contributed by atoms with Crippen LogP contribution in [0.3, 0.4) is 0 Å². The first-order valence-electron chi connectivity index (χ1n) is 6.21. The number of phenols is 2. The average Bonchev–Trinajstić information content (AvgIpc) is 2.39. The van der Waals surface area contributed by atoms with Crippen molar-refractivity contribution >= 4 is 0 Å². The summed E-state index contributed by atoms with van der Waals surface area (Å²) in [5, 5.41) is 17.9. The molecule has 2 N–H and O–H groups in total. The summed E-state index contributed by atoms with van der Waals surface area (Å²) < 4.78 is 0. The van der Waals surface area contributed by atoms with Crippen LogP contribution in [0.5, 0.6) is 11.5 Å². The van der Waals surface area contributed by atoms with E-state index in [0.717, 1.165) is 12.8 Å². The summed E-state index contributed by atoms with van der Waals surface area (Å²) >= 11 is 0. The van der Waals surface area contributed by atoms with E-state index in [0.29, 0.717) is 11.5 Å². The normalized spacial score (nSPS) is 8.95. The Bertz CT molecular complexity index is 438. The van der Waals surface area contributed by atoms with Gasteiger partial charge in [0, 0.05) is 26.2 Å². The van der Waals surface area contributed by atoms with Crippen molar-refractivity contribution in [2.24, 2.45) is 0 Å². The molecule has 0 saturated heterocycles. The molecule has 0 aliphatic rings. The van der Waals surface area contributed by atoms with Crippen LogP contribution in [0.1, 0.15) is 25.0 Å². The molecule has 0 amide bonds. The van der Waals surface area contributed by atoms with Crippen LogP contribution in [0.2, 0.25) is 0 Å². The van der Waals surface area contributed by atoms with Gasteiger partial charge in [-0.1, -0.05) is 38.1 Å². The minimum absolute atomic E-state index is 0. The van der Waals surface area contributed by atoms with Gasteiger partial charge in [-0.3, -0.25) is 0 Å². The number of hydrogen-bond donors (Lipinski definition) is 2. The minimum Gasteiger partial charge on any atom is -0.508 e. The average molecular weight is 336 g/mol. The molecule has 2 nitrogen and oxygen atoms in total. The Morgan fingerprint density at radius 1 is 0.737 bits per heavy atom. The summed E-state index contributed by atoms with van der Waals surface area (Å²) in [7, 11) is 0. The van der Waals surface area contributed by atoms with Gasteiger partial charge < -0.3 is 10.2 Å². The SMILES string of the molecule is CCc1cccc(O)c1.CCc1cccc(O)c1.[Zr]. The van der Waals surface area contributed by atoms with Crippen LogP contribution < -0.4 is 0 Å². The van der Waals surface area contributed by atoms with Gasteiger partial charge in [-0.15, -0.1) is 0 Å². The van der Waals surface area contributed by atoms with Gasteiger partial charge in [0.15, 0.2) is 0 Å². The van der Waals surface area contributed by atoms with E-state index in [1.165, 1.54) is 11.1 Å². The smallest absolute Gasteiger partial charge is 0.115 e. The van der Waals surface area contributed by atoms with E-state index < -0.39 is 0 Å². The zero-order chi connectivity index (χ0) is 13.4. The first-order valence-corrected chi connectivity index (χ1v) is 6.21. The maximum absolute atomic E-state index is 8.94. The molecule has 19 heavy (non-hydrogen) atoms. The molecular formula is C16H20O2Zr. The van der Waals surface area contributed by atoms with Crippen LogP contribution in [0.4, 0.5) is 0 Å². The Morgan fingerprint density at radius 2 is 1.11 bits per heavy atom. The molecule has 0 heterocycles. The quantitative estimate of drug-likeness (QED) is 0.873. The fourth-order valence-electron chi connectivity index (χ4n) is 1.55. The molecule has 3 heteroatoms. The predicted octanol–water partition coefficient (Wildman–Crippen LogP) is 3.91. The van der Waals surface area contributed by atoms with Crippen molar-refractivity contribution in [2.45, 2.75) is 26.7 Å². The number of rotatable bonds is 2. The van der Waals surface area contributed by atoms with Gasteiger partial charge in [0.2, 0.25) is 0 Å². The molecule has 0 bridgehead atoms. The van der Waals surface area contributed by atoms with Crippen LogP contribution in [0.15, 0.2) is 48.5 Å². The summed E-state index contributed by atoms with van der Waals surface area (Å²) in [6.07, 6.45) is 1.96. The maximum Gasteiger partial charge on any atom is 0.115 e. The third-order valence-electron chi connectivity index (χ3n) is 2.64. The number of phenolic OH excluding ortho intramolecular Hbond substituents is 2. The number of benzene rings is 2. The van der Waals surface area contributed by atoms with Crippen molar-refractivity contribution < 1.29 is 36.4 Å². The fraction of sp³-hybridized carbons (Fsp3) is 0.250. The Balaban J connectivity index is 0.000000324. The van der Waals surface area contributed by atoms with Gasteiger partial charge >= 0.3 is 0 Å². The van der Waals surface area contributed by atoms with Gasteiger partial charge in [-0.05, 0) is 48.2 Å². The minimum atomic E-state index is 0. The summed E-state index contributed by atoms with van der Waals surface area (Å²) in [4.78, 5) is 0. The monoisotopic (exact) mass is 334 g/mol. The molecule has 100 valence electrons. The Hall–Kier alpha value is -1.08. The van der Waals surface area contributed by atoms with Gasteiger partial charge in [-0.25, -0.2) is 0 Å². The third-order valence-corrected chi connectivity index (χ3v) is 2.64. The van der Waals surface area contributed by atoms with Crippen LogP contribution in [-0.2, 0) is 39.0 Å². The second kappa shape index (κ2) is 9.80. The van der Waals surface area contributed by atoms with Crippen molar-refractivity contribution in [2.75, 3.05) is 0 Å². The van der Waals surface area contributed by atoms with Crippen molar-refractivity contribution in [1.29, 1.82) is 0 Å². The van der Waals surface area contributed by atoms with Crippen molar-refractivity contribution in [3.8, 4) is 11.5 Å². The third kappa shape index (κ3) is 7.17. The largest absolute Gasteiger partial charge is 0.508 e. The van der Waals surface area contributed by atoms with Crippen molar-refractivity contribution in [1.82, 2.24) is 0 Å². The summed E-state index contributed by atoms with van der Waals surface area (Å²) in [5.74, 6) is 0.712. The van der Waals surface area contributed by atoms with E-state index in [1.54, 1.807) is 24.3 Å². The van der Waals surface area contributed by atoms with Gasteiger partial charge in [0.25, 0.3) is 0 Å². The number of hydrogen-bond acceptors (Lipinski definition) is 2. The van der Waals surface area contributed by atoms with Gasteiger partial charge in [-0.2, -0.15) is 0 Å². The molecule has 2 aromatic rings. The van der Waals surface area contributed by atoms with Crippen LogP contribution in [-0.4, -0.2) is 10.2 Å². The second-order valence-electron chi connectivity index (χ2n) is 4.05. The molecule has 0 spiro atoms. The Labute approximate surface area is 134 Å². The van der Waals surface area contributed by atoms with Gasteiger partial charge in [0.1, 0.15) is 11.5 Å². The van der Waals surface area contributed by atoms with Gasteiger partial charge in [0.05, 0.1) is 0 Å². The summed E-state index contributed by atoms with van der Waals surface area (Å²) in [6.45, 7) is 4.13. The zero-order valence-electron chi connectivity index (χ0n) is 11.4. The van der Waals surface area contributed by atoms with Crippen molar-refractivity contribution in [3.05, 3.63) is 59.7 Å². The van der Waals surface area contributed by atoms with Crippen molar-refractivity contribution in [3.63, 3.8) is 0 Å². The molecule has 0 atom stereocenters. The molecule has 0 unspecified atom stereocenters. The van der Waals surface area contributed by atoms with E-state index in [2.05, 4.69) is 13.8 Å². The first kappa shape index (κ1) is 17.9. The maximum atomic E-state index is 8.94. The van der Waals surface area contributed by atoms with E-state index in [4.69, 9.17) is 10.2 Å². The van der Waals surface area contributed by atoms with Crippen LogP contribution in [0.25, 0.3) is 0 Å². The predicted molar refractivity (Wildman–Crippen MR) is 75.0 cm³/mol. The van der Waals surface area contributed by atoms with Crippen LogP contribution in [0, 0.1) is 0 Å².